The highest BCUT2D eigenvalue weighted by atomic mass is 79.9. The summed E-state index contributed by atoms with van der Waals surface area (Å²) < 4.78 is 38.2. The Kier molecular flexibility index (Phi) is 3.89. The maximum atomic E-state index is 12.5. The van der Waals surface area contributed by atoms with Gasteiger partial charge in [-0.25, -0.2) is 0 Å². The first-order valence-corrected chi connectivity index (χ1v) is 7.34. The molecule has 98 valence electrons. The van der Waals surface area contributed by atoms with Gasteiger partial charge in [-0.15, -0.1) is 0 Å². The summed E-state index contributed by atoms with van der Waals surface area (Å²) in [5, 5.41) is 11.9. The first kappa shape index (κ1) is 13.7. The number of hydrogen-bond acceptors (Lipinski definition) is 1. The van der Waals surface area contributed by atoms with Crippen molar-refractivity contribution in [3.63, 3.8) is 0 Å². The van der Waals surface area contributed by atoms with Crippen LogP contribution in [0, 0.1) is 0 Å². The number of aliphatic hydroxyl groups excluding tert-OH is 1. The third-order valence-corrected chi connectivity index (χ3v) is 5.16. The Balaban J connectivity index is 2.28. The third kappa shape index (κ3) is 2.81. The molecule has 1 nitrogen and oxygen atoms in total. The van der Waals surface area contributed by atoms with Crippen LogP contribution in [0.3, 0.4) is 0 Å². The van der Waals surface area contributed by atoms with Crippen molar-refractivity contribution in [3.8, 4) is 0 Å². The Bertz CT molecular complexity index is 523. The molecular weight excluding hydrogens is 329 g/mol. The quantitative estimate of drug-likeness (QED) is 0.771. The second kappa shape index (κ2) is 5.11. The second-order valence-electron chi connectivity index (χ2n) is 3.74. The lowest BCUT2D eigenvalue weighted by Gasteiger charge is -2.12. The normalized spacial score (nSPS) is 21.2. The zero-order valence-electron chi connectivity index (χ0n) is 9.08. The first-order valence-electron chi connectivity index (χ1n) is 5.06. The summed E-state index contributed by atoms with van der Waals surface area (Å²) in [7, 11) is -1.05. The van der Waals surface area contributed by atoms with E-state index < -0.39 is 22.6 Å². The fourth-order valence-corrected chi connectivity index (χ4v) is 4.02. The van der Waals surface area contributed by atoms with Gasteiger partial charge in [-0.1, -0.05) is 22.0 Å². The molecule has 1 aliphatic heterocycles. The van der Waals surface area contributed by atoms with E-state index in [2.05, 4.69) is 15.9 Å². The molecule has 1 unspecified atom stereocenters. The van der Waals surface area contributed by atoms with E-state index in [1.165, 1.54) is 5.41 Å². The number of benzene rings is 1. The van der Waals surface area contributed by atoms with Crippen LogP contribution >= 0.6 is 26.8 Å². The summed E-state index contributed by atoms with van der Waals surface area (Å²) >= 11 is 3.29. The van der Waals surface area contributed by atoms with Gasteiger partial charge in [0, 0.05) is 4.47 Å². The van der Waals surface area contributed by atoms with Gasteiger partial charge in [0.15, 0.2) is 0 Å². The molecule has 18 heavy (non-hydrogen) atoms. The molecule has 0 amide bonds. The highest BCUT2D eigenvalue weighted by Gasteiger charge is 2.34. The molecule has 0 fully saturated rings. The summed E-state index contributed by atoms with van der Waals surface area (Å²) in [5.41, 5.74) is 0.132. The lowest BCUT2D eigenvalue weighted by Crippen LogP contribution is -2.08. The van der Waals surface area contributed by atoms with E-state index in [1.54, 1.807) is 23.6 Å². The monoisotopic (exact) mass is 338 g/mol. The van der Waals surface area contributed by atoms with Crippen molar-refractivity contribution in [3.05, 3.63) is 50.7 Å². The van der Waals surface area contributed by atoms with Crippen LogP contribution in [0.5, 0.6) is 0 Å². The van der Waals surface area contributed by atoms with Gasteiger partial charge in [-0.05, 0) is 39.5 Å². The third-order valence-electron chi connectivity index (χ3n) is 2.53. The molecule has 0 aliphatic carbocycles. The predicted octanol–water partition coefficient (Wildman–Crippen LogP) is 4.28. The van der Waals surface area contributed by atoms with Crippen LogP contribution in [0.25, 0.3) is 0 Å². The molecule has 6 heteroatoms. The highest BCUT2D eigenvalue weighted by Crippen LogP contribution is 2.48. The molecule has 1 atom stereocenters. The number of halogens is 4. The lowest BCUT2D eigenvalue weighted by atomic mass is 10.2. The van der Waals surface area contributed by atoms with Gasteiger partial charge >= 0.3 is 6.18 Å². The van der Waals surface area contributed by atoms with Crippen molar-refractivity contribution in [2.24, 2.45) is 0 Å². The average molecular weight is 339 g/mol. The van der Waals surface area contributed by atoms with E-state index in [9.17, 15) is 13.2 Å². The molecule has 1 aromatic rings. The van der Waals surface area contributed by atoms with Gasteiger partial charge in [0.05, 0.1) is 12.2 Å². The smallest absolute Gasteiger partial charge is 0.392 e. The van der Waals surface area contributed by atoms with Crippen molar-refractivity contribution in [2.45, 2.75) is 17.7 Å². The summed E-state index contributed by atoms with van der Waals surface area (Å²) in [6.07, 6.45) is -3.16. The van der Waals surface area contributed by atoms with Gasteiger partial charge in [-0.2, -0.15) is 24.1 Å². The minimum atomic E-state index is -4.28. The Hall–Kier alpha value is -0.720. The van der Waals surface area contributed by atoms with Crippen LogP contribution in [-0.2, 0) is 6.61 Å². The largest absolute Gasteiger partial charge is 0.416 e. The van der Waals surface area contributed by atoms with Gasteiger partial charge in [-0.3, -0.25) is 0 Å². The van der Waals surface area contributed by atoms with Gasteiger partial charge in [0.2, 0.25) is 0 Å². The maximum absolute atomic E-state index is 12.5. The number of aliphatic hydroxyl groups is 1. The van der Waals surface area contributed by atoms with Crippen molar-refractivity contribution >= 4 is 26.8 Å². The summed E-state index contributed by atoms with van der Waals surface area (Å²) in [6, 6.07) is 5.23. The second-order valence-corrected chi connectivity index (χ2v) is 6.48. The summed E-state index contributed by atoms with van der Waals surface area (Å²) in [6.45, 7) is -0.0989. The predicted molar refractivity (Wildman–Crippen MR) is 70.6 cm³/mol. The van der Waals surface area contributed by atoms with Gasteiger partial charge < -0.3 is 5.11 Å². The first-order chi connectivity index (χ1) is 8.41. The zero-order chi connectivity index (χ0) is 13.3. The Morgan fingerprint density at radius 3 is 2.50 bits per heavy atom. The van der Waals surface area contributed by atoms with Gasteiger partial charge in [0.1, 0.15) is 0 Å². The number of hydrogen-bond donors (Lipinski definition) is 2. The number of rotatable bonds is 2. The Morgan fingerprint density at radius 2 is 2.00 bits per heavy atom. The topological polar surface area (TPSA) is 20.2 Å². The molecular formula is C12H10BrF3OS. The highest BCUT2D eigenvalue weighted by molar-refractivity contribution is 9.10. The fraction of sp³-hybridized carbons (Fsp3) is 0.167. The maximum Gasteiger partial charge on any atom is 0.416 e. The number of allylic oxidation sites excluding steroid dienone is 2. The minimum absolute atomic E-state index is 0.0989. The van der Waals surface area contributed by atoms with E-state index in [4.69, 9.17) is 5.11 Å². The molecule has 2 rings (SSSR count). The van der Waals surface area contributed by atoms with Crippen LogP contribution in [0.15, 0.2) is 50.0 Å². The van der Waals surface area contributed by atoms with Crippen molar-refractivity contribution in [1.29, 1.82) is 0 Å². The van der Waals surface area contributed by atoms with Crippen LogP contribution in [0.2, 0.25) is 0 Å². The summed E-state index contributed by atoms with van der Waals surface area (Å²) in [5.74, 6) is 0. The number of thiol groups is 1. The van der Waals surface area contributed by atoms with E-state index in [1.807, 2.05) is 0 Å². The lowest BCUT2D eigenvalue weighted by molar-refractivity contribution is -0.0878. The standard InChI is InChI=1S/C12H10BrF3OS/c13-11-5-10(2-1-8(11)6-17)18-4-3-9(7-18)12(14,15)16/h1-5,7,17-18H,6H2. The Labute approximate surface area is 113 Å². The molecule has 0 bridgehead atoms. The summed E-state index contributed by atoms with van der Waals surface area (Å²) in [4.78, 5) is 0.824. The van der Waals surface area contributed by atoms with E-state index in [-0.39, 0.29) is 6.61 Å². The van der Waals surface area contributed by atoms with Crippen LogP contribution in [-0.4, -0.2) is 11.3 Å². The van der Waals surface area contributed by atoms with Crippen LogP contribution in [0.4, 0.5) is 13.2 Å². The van der Waals surface area contributed by atoms with Crippen molar-refractivity contribution < 1.29 is 18.3 Å². The molecule has 0 aromatic heterocycles. The fourth-order valence-electron chi connectivity index (χ4n) is 1.55. The molecule has 0 saturated heterocycles. The molecule has 1 aliphatic rings. The Morgan fingerprint density at radius 1 is 1.28 bits per heavy atom. The van der Waals surface area contributed by atoms with Crippen LogP contribution in [0.1, 0.15) is 5.56 Å². The molecule has 0 saturated carbocycles. The van der Waals surface area contributed by atoms with E-state index in [0.717, 1.165) is 16.5 Å². The SMILES string of the molecule is OCc1ccc([SH]2C=CC(C(F)(F)F)=C2)cc1Br. The van der Waals surface area contributed by atoms with Crippen molar-refractivity contribution in [2.75, 3.05) is 0 Å². The number of alkyl halides is 3. The van der Waals surface area contributed by atoms with Gasteiger partial charge in [0.25, 0.3) is 0 Å². The van der Waals surface area contributed by atoms with Crippen molar-refractivity contribution in [1.82, 2.24) is 0 Å². The van der Waals surface area contributed by atoms with E-state index in [0.29, 0.717) is 4.47 Å². The molecule has 1 aromatic carbocycles. The molecule has 0 radical (unpaired) electrons. The molecule has 0 spiro atoms. The van der Waals surface area contributed by atoms with Crippen LogP contribution < -0.4 is 0 Å². The average Bonchev–Trinajstić information content (AvgIpc) is 2.77. The van der Waals surface area contributed by atoms with E-state index >= 15 is 0 Å². The minimum Gasteiger partial charge on any atom is -0.392 e. The molecule has 1 heterocycles. The zero-order valence-corrected chi connectivity index (χ0v) is 11.6. The molecule has 1 N–H and O–H groups in total.